The standard InChI is InChI=1S/C18H27N3O4/c1-4-19-17(22)11-21(5-2)12-18(23)20(3)10-14-13-24-15-8-6-7-9-16(15)25-14/h6-9,14H,4-5,10-13H2,1-3H3,(H,19,22)/t14-/m0/s1. The van der Waals surface area contributed by atoms with Gasteiger partial charge >= 0.3 is 0 Å². The lowest BCUT2D eigenvalue weighted by Crippen LogP contribution is -2.47. The molecule has 0 fully saturated rings. The predicted molar refractivity (Wildman–Crippen MR) is 94.8 cm³/mol. The second-order valence-electron chi connectivity index (χ2n) is 6.03. The van der Waals surface area contributed by atoms with E-state index in [9.17, 15) is 9.59 Å². The van der Waals surface area contributed by atoms with Gasteiger partial charge in [-0.05, 0) is 25.6 Å². The van der Waals surface area contributed by atoms with E-state index in [2.05, 4.69) is 5.32 Å². The van der Waals surface area contributed by atoms with Crippen molar-refractivity contribution in [3.05, 3.63) is 24.3 Å². The van der Waals surface area contributed by atoms with E-state index in [4.69, 9.17) is 9.47 Å². The van der Waals surface area contributed by atoms with Crippen LogP contribution >= 0.6 is 0 Å². The molecule has 0 bridgehead atoms. The minimum absolute atomic E-state index is 0.0476. The van der Waals surface area contributed by atoms with Gasteiger partial charge in [-0.1, -0.05) is 19.1 Å². The summed E-state index contributed by atoms with van der Waals surface area (Å²) in [6.45, 7) is 6.29. The molecule has 0 spiro atoms. The lowest BCUT2D eigenvalue weighted by atomic mass is 10.2. The fourth-order valence-electron chi connectivity index (χ4n) is 2.61. The minimum Gasteiger partial charge on any atom is -0.486 e. The van der Waals surface area contributed by atoms with Gasteiger partial charge in [-0.3, -0.25) is 14.5 Å². The van der Waals surface area contributed by atoms with Gasteiger partial charge < -0.3 is 19.7 Å². The van der Waals surface area contributed by atoms with E-state index in [1.165, 1.54) is 0 Å². The third-order valence-corrected chi connectivity index (χ3v) is 4.02. The predicted octanol–water partition coefficient (Wildman–Crippen LogP) is 0.743. The van der Waals surface area contributed by atoms with E-state index >= 15 is 0 Å². The number of rotatable bonds is 8. The lowest BCUT2D eigenvalue weighted by Gasteiger charge is -2.30. The van der Waals surface area contributed by atoms with Crippen molar-refractivity contribution in [2.75, 3.05) is 46.4 Å². The maximum Gasteiger partial charge on any atom is 0.236 e. The van der Waals surface area contributed by atoms with Crippen LogP contribution in [0.2, 0.25) is 0 Å². The molecule has 1 aromatic rings. The van der Waals surface area contributed by atoms with Crippen molar-refractivity contribution in [2.45, 2.75) is 20.0 Å². The van der Waals surface area contributed by atoms with Crippen LogP contribution in [0.1, 0.15) is 13.8 Å². The van der Waals surface area contributed by atoms with Gasteiger partial charge in [-0.2, -0.15) is 0 Å². The Labute approximate surface area is 148 Å². The van der Waals surface area contributed by atoms with Crippen molar-refractivity contribution in [1.82, 2.24) is 15.1 Å². The van der Waals surface area contributed by atoms with Crippen molar-refractivity contribution in [1.29, 1.82) is 0 Å². The van der Waals surface area contributed by atoms with E-state index in [1.54, 1.807) is 11.9 Å². The largest absolute Gasteiger partial charge is 0.486 e. The number of nitrogens with zero attached hydrogens (tertiary/aromatic N) is 2. The minimum atomic E-state index is -0.206. The zero-order valence-corrected chi connectivity index (χ0v) is 15.2. The molecule has 0 unspecified atom stereocenters. The monoisotopic (exact) mass is 349 g/mol. The van der Waals surface area contributed by atoms with E-state index < -0.39 is 0 Å². The molecule has 0 saturated heterocycles. The van der Waals surface area contributed by atoms with Gasteiger partial charge in [-0.15, -0.1) is 0 Å². The van der Waals surface area contributed by atoms with Gasteiger partial charge in [0.15, 0.2) is 17.6 Å². The Bertz CT molecular complexity index is 593. The summed E-state index contributed by atoms with van der Waals surface area (Å²) >= 11 is 0. The summed E-state index contributed by atoms with van der Waals surface area (Å²) in [6, 6.07) is 7.50. The Hall–Kier alpha value is -2.28. The Kier molecular flexibility index (Phi) is 7.06. The molecule has 7 nitrogen and oxygen atoms in total. The Morgan fingerprint density at radius 2 is 1.92 bits per heavy atom. The highest BCUT2D eigenvalue weighted by atomic mass is 16.6. The van der Waals surface area contributed by atoms with E-state index in [-0.39, 0.29) is 31.0 Å². The number of ether oxygens (including phenoxy) is 2. The van der Waals surface area contributed by atoms with Gasteiger partial charge in [0, 0.05) is 13.6 Å². The zero-order chi connectivity index (χ0) is 18.2. The quantitative estimate of drug-likeness (QED) is 0.750. The highest BCUT2D eigenvalue weighted by Crippen LogP contribution is 2.30. The van der Waals surface area contributed by atoms with Crippen LogP contribution in [0, 0.1) is 0 Å². The Morgan fingerprint density at radius 3 is 2.60 bits per heavy atom. The van der Waals surface area contributed by atoms with E-state index in [1.807, 2.05) is 43.0 Å². The van der Waals surface area contributed by atoms with Crippen molar-refractivity contribution in [3.63, 3.8) is 0 Å². The number of hydrogen-bond acceptors (Lipinski definition) is 5. The fraction of sp³-hybridized carbons (Fsp3) is 0.556. The van der Waals surface area contributed by atoms with Gasteiger partial charge in [0.1, 0.15) is 6.61 Å². The highest BCUT2D eigenvalue weighted by molar-refractivity contribution is 5.81. The van der Waals surface area contributed by atoms with E-state index in [0.29, 0.717) is 32.0 Å². The summed E-state index contributed by atoms with van der Waals surface area (Å²) in [5.74, 6) is 1.31. The van der Waals surface area contributed by atoms with Crippen LogP contribution in [-0.4, -0.2) is 74.1 Å². The summed E-state index contributed by atoms with van der Waals surface area (Å²) < 4.78 is 11.6. The number of fused-ring (bicyclic) bond motifs is 1. The molecule has 1 N–H and O–H groups in total. The SMILES string of the molecule is CCNC(=O)CN(CC)CC(=O)N(C)C[C@H]1COc2ccccc2O1. The molecule has 25 heavy (non-hydrogen) atoms. The van der Waals surface area contributed by atoms with Crippen LogP contribution in [0.25, 0.3) is 0 Å². The Balaban J connectivity index is 1.82. The van der Waals surface area contributed by atoms with Crippen molar-refractivity contribution in [3.8, 4) is 11.5 Å². The van der Waals surface area contributed by atoms with Crippen LogP contribution in [0.15, 0.2) is 24.3 Å². The fourth-order valence-corrected chi connectivity index (χ4v) is 2.61. The first-order chi connectivity index (χ1) is 12.0. The molecule has 1 aromatic carbocycles. The number of benzene rings is 1. The molecule has 1 atom stereocenters. The second kappa shape index (κ2) is 9.27. The zero-order valence-electron chi connectivity index (χ0n) is 15.2. The molecule has 0 radical (unpaired) electrons. The van der Waals surface area contributed by atoms with Crippen LogP contribution in [0.5, 0.6) is 11.5 Å². The Morgan fingerprint density at radius 1 is 1.20 bits per heavy atom. The van der Waals surface area contributed by atoms with Crippen molar-refractivity contribution in [2.24, 2.45) is 0 Å². The first kappa shape index (κ1) is 19.1. The molecule has 2 rings (SSSR count). The van der Waals surface area contributed by atoms with Crippen LogP contribution in [-0.2, 0) is 9.59 Å². The number of para-hydroxylation sites is 2. The third kappa shape index (κ3) is 5.63. The highest BCUT2D eigenvalue weighted by Gasteiger charge is 2.24. The smallest absolute Gasteiger partial charge is 0.236 e. The van der Waals surface area contributed by atoms with Gasteiger partial charge in [0.2, 0.25) is 11.8 Å². The molecule has 138 valence electrons. The van der Waals surface area contributed by atoms with Crippen LogP contribution < -0.4 is 14.8 Å². The molecule has 0 aromatic heterocycles. The average Bonchev–Trinajstić information content (AvgIpc) is 2.61. The molecule has 7 heteroatoms. The number of amides is 2. The first-order valence-electron chi connectivity index (χ1n) is 8.65. The average molecular weight is 349 g/mol. The molecule has 0 aliphatic carbocycles. The number of likely N-dealkylation sites (N-methyl/N-ethyl adjacent to an activating group) is 3. The normalized spacial score (nSPS) is 15.8. The summed E-state index contributed by atoms with van der Waals surface area (Å²) in [4.78, 5) is 27.6. The summed E-state index contributed by atoms with van der Waals surface area (Å²) in [5, 5.41) is 2.75. The number of hydrogen-bond donors (Lipinski definition) is 1. The number of carbonyl (C=O) groups is 2. The summed E-state index contributed by atoms with van der Waals surface area (Å²) in [7, 11) is 1.74. The van der Waals surface area contributed by atoms with Gasteiger partial charge in [0.05, 0.1) is 19.6 Å². The second-order valence-corrected chi connectivity index (χ2v) is 6.03. The first-order valence-corrected chi connectivity index (χ1v) is 8.65. The van der Waals surface area contributed by atoms with E-state index in [0.717, 1.165) is 5.75 Å². The molecule has 2 amide bonds. The van der Waals surface area contributed by atoms with Gasteiger partial charge in [-0.25, -0.2) is 0 Å². The van der Waals surface area contributed by atoms with Crippen LogP contribution in [0.4, 0.5) is 0 Å². The van der Waals surface area contributed by atoms with Crippen LogP contribution in [0.3, 0.4) is 0 Å². The molecule has 1 aliphatic rings. The maximum atomic E-state index is 12.4. The topological polar surface area (TPSA) is 71.1 Å². The van der Waals surface area contributed by atoms with Gasteiger partial charge in [0.25, 0.3) is 0 Å². The van der Waals surface area contributed by atoms with Crippen molar-refractivity contribution < 1.29 is 19.1 Å². The van der Waals surface area contributed by atoms with Crippen molar-refractivity contribution >= 4 is 11.8 Å². The lowest BCUT2D eigenvalue weighted by molar-refractivity contribution is -0.133. The third-order valence-electron chi connectivity index (χ3n) is 4.02. The number of nitrogens with one attached hydrogen (secondary N) is 1. The molecular formula is C18H27N3O4. The molecular weight excluding hydrogens is 322 g/mol. The molecule has 1 heterocycles. The molecule has 0 saturated carbocycles. The summed E-state index contributed by atoms with van der Waals surface area (Å²) in [6.07, 6.45) is -0.206. The maximum absolute atomic E-state index is 12.4. The summed E-state index contributed by atoms with van der Waals surface area (Å²) in [5.41, 5.74) is 0. The number of carbonyl (C=O) groups excluding carboxylic acids is 2. The molecule has 1 aliphatic heterocycles.